The molecule has 2 aromatic rings. The SMILES string of the molecule is CC(C)(C)c1cccc2oc(=O)[nH]c12. The van der Waals surface area contributed by atoms with E-state index in [9.17, 15) is 4.79 Å². The minimum absolute atomic E-state index is 0.00627. The van der Waals surface area contributed by atoms with Crippen molar-refractivity contribution in [2.24, 2.45) is 0 Å². The van der Waals surface area contributed by atoms with Gasteiger partial charge in [-0.25, -0.2) is 4.79 Å². The monoisotopic (exact) mass is 191 g/mol. The Hall–Kier alpha value is -1.51. The summed E-state index contributed by atoms with van der Waals surface area (Å²) in [6.07, 6.45) is 0. The number of benzene rings is 1. The number of aromatic nitrogens is 1. The predicted octanol–water partition coefficient (Wildman–Crippen LogP) is 2.42. The van der Waals surface area contributed by atoms with Crippen LogP contribution in [0, 0.1) is 0 Å². The second kappa shape index (κ2) is 2.74. The van der Waals surface area contributed by atoms with E-state index in [0.717, 1.165) is 11.1 Å². The number of aromatic amines is 1. The average Bonchev–Trinajstić information content (AvgIpc) is 2.41. The molecule has 0 aliphatic rings. The fourth-order valence-corrected chi connectivity index (χ4v) is 1.60. The van der Waals surface area contributed by atoms with Crippen LogP contribution in [0.2, 0.25) is 0 Å². The van der Waals surface area contributed by atoms with Gasteiger partial charge in [0.25, 0.3) is 0 Å². The predicted molar refractivity (Wildman–Crippen MR) is 55.5 cm³/mol. The molecule has 0 radical (unpaired) electrons. The first-order valence-corrected chi connectivity index (χ1v) is 4.61. The Morgan fingerprint density at radius 3 is 2.64 bits per heavy atom. The highest BCUT2D eigenvalue weighted by Gasteiger charge is 2.18. The molecule has 0 saturated heterocycles. The summed E-state index contributed by atoms with van der Waals surface area (Å²) in [7, 11) is 0. The van der Waals surface area contributed by atoms with E-state index in [-0.39, 0.29) is 5.41 Å². The van der Waals surface area contributed by atoms with Crippen LogP contribution in [-0.4, -0.2) is 4.98 Å². The topological polar surface area (TPSA) is 46.0 Å². The Labute approximate surface area is 81.7 Å². The van der Waals surface area contributed by atoms with Crippen molar-refractivity contribution in [3.05, 3.63) is 34.3 Å². The van der Waals surface area contributed by atoms with Gasteiger partial charge in [-0.1, -0.05) is 32.9 Å². The van der Waals surface area contributed by atoms with Crippen molar-refractivity contribution < 1.29 is 4.42 Å². The van der Waals surface area contributed by atoms with Crippen LogP contribution in [0.4, 0.5) is 0 Å². The first kappa shape index (κ1) is 9.06. The van der Waals surface area contributed by atoms with Gasteiger partial charge in [-0.05, 0) is 17.0 Å². The molecule has 0 bridgehead atoms. The Morgan fingerprint density at radius 2 is 2.00 bits per heavy atom. The summed E-state index contributed by atoms with van der Waals surface area (Å²) in [5.41, 5.74) is 2.54. The molecular formula is C11H13NO2. The molecule has 1 N–H and O–H groups in total. The molecule has 74 valence electrons. The van der Waals surface area contributed by atoms with Gasteiger partial charge in [0, 0.05) is 0 Å². The molecule has 14 heavy (non-hydrogen) atoms. The number of hydrogen-bond acceptors (Lipinski definition) is 2. The van der Waals surface area contributed by atoms with E-state index in [1.54, 1.807) is 6.07 Å². The van der Waals surface area contributed by atoms with E-state index in [4.69, 9.17) is 4.42 Å². The number of rotatable bonds is 0. The Kier molecular flexibility index (Phi) is 1.77. The van der Waals surface area contributed by atoms with E-state index in [2.05, 4.69) is 25.8 Å². The zero-order valence-electron chi connectivity index (χ0n) is 8.55. The molecule has 0 amide bonds. The Balaban J connectivity index is 2.83. The van der Waals surface area contributed by atoms with E-state index in [1.807, 2.05) is 12.1 Å². The molecule has 1 heterocycles. The number of oxazole rings is 1. The largest absolute Gasteiger partial charge is 0.417 e. The van der Waals surface area contributed by atoms with Crippen LogP contribution in [0.5, 0.6) is 0 Å². The Morgan fingerprint density at radius 1 is 1.29 bits per heavy atom. The molecule has 0 fully saturated rings. The van der Waals surface area contributed by atoms with Crippen LogP contribution in [0.3, 0.4) is 0 Å². The summed E-state index contributed by atoms with van der Waals surface area (Å²) in [6.45, 7) is 6.31. The molecule has 2 rings (SSSR count). The standard InChI is InChI=1S/C11H13NO2/c1-11(2,3)7-5-4-6-8-9(7)12-10(13)14-8/h4-6H,1-3H3,(H,12,13). The smallest absolute Gasteiger partial charge is 0.408 e. The maximum Gasteiger partial charge on any atom is 0.417 e. The van der Waals surface area contributed by atoms with Gasteiger partial charge in [-0.15, -0.1) is 0 Å². The van der Waals surface area contributed by atoms with Gasteiger partial charge in [-0.3, -0.25) is 4.98 Å². The van der Waals surface area contributed by atoms with Crippen LogP contribution >= 0.6 is 0 Å². The maximum atomic E-state index is 11.0. The van der Waals surface area contributed by atoms with Crippen molar-refractivity contribution in [1.82, 2.24) is 4.98 Å². The van der Waals surface area contributed by atoms with E-state index >= 15 is 0 Å². The molecule has 3 nitrogen and oxygen atoms in total. The zero-order valence-corrected chi connectivity index (χ0v) is 8.55. The molecule has 0 atom stereocenters. The van der Waals surface area contributed by atoms with E-state index in [0.29, 0.717) is 5.58 Å². The summed E-state index contributed by atoms with van der Waals surface area (Å²) >= 11 is 0. The normalized spacial score (nSPS) is 12.2. The molecule has 3 heteroatoms. The fraction of sp³-hybridized carbons (Fsp3) is 0.364. The molecule has 0 unspecified atom stereocenters. The number of para-hydroxylation sites is 1. The summed E-state index contributed by atoms with van der Waals surface area (Å²) in [6, 6.07) is 5.70. The van der Waals surface area contributed by atoms with Gasteiger partial charge < -0.3 is 4.42 Å². The van der Waals surface area contributed by atoms with Gasteiger partial charge in [0.15, 0.2) is 5.58 Å². The van der Waals surface area contributed by atoms with Crippen LogP contribution in [0.15, 0.2) is 27.4 Å². The average molecular weight is 191 g/mol. The molecule has 1 aromatic heterocycles. The minimum Gasteiger partial charge on any atom is -0.408 e. The summed E-state index contributed by atoms with van der Waals surface area (Å²) in [5.74, 6) is -0.392. The second-order valence-electron chi connectivity index (χ2n) is 4.44. The molecular weight excluding hydrogens is 178 g/mol. The van der Waals surface area contributed by atoms with Gasteiger partial charge in [0.05, 0.1) is 5.52 Å². The van der Waals surface area contributed by atoms with Crippen molar-refractivity contribution in [3.63, 3.8) is 0 Å². The van der Waals surface area contributed by atoms with Crippen molar-refractivity contribution >= 4 is 11.1 Å². The second-order valence-corrected chi connectivity index (χ2v) is 4.44. The number of hydrogen-bond donors (Lipinski definition) is 1. The van der Waals surface area contributed by atoms with Gasteiger partial charge in [-0.2, -0.15) is 0 Å². The lowest BCUT2D eigenvalue weighted by Gasteiger charge is -2.18. The zero-order chi connectivity index (χ0) is 10.3. The highest BCUT2D eigenvalue weighted by molar-refractivity contribution is 5.77. The fourth-order valence-electron chi connectivity index (χ4n) is 1.60. The van der Waals surface area contributed by atoms with Gasteiger partial charge >= 0.3 is 5.76 Å². The quantitative estimate of drug-likeness (QED) is 0.695. The third-order valence-corrected chi connectivity index (χ3v) is 2.26. The minimum atomic E-state index is -0.392. The summed E-state index contributed by atoms with van der Waals surface area (Å²) in [4.78, 5) is 13.8. The molecule has 0 aliphatic carbocycles. The van der Waals surface area contributed by atoms with Gasteiger partial charge in [0.1, 0.15) is 0 Å². The van der Waals surface area contributed by atoms with Crippen LogP contribution in [0.1, 0.15) is 26.3 Å². The van der Waals surface area contributed by atoms with Crippen molar-refractivity contribution in [2.75, 3.05) is 0 Å². The lowest BCUT2D eigenvalue weighted by atomic mass is 9.86. The highest BCUT2D eigenvalue weighted by Crippen LogP contribution is 2.27. The number of H-pyrrole nitrogens is 1. The molecule has 0 aliphatic heterocycles. The van der Waals surface area contributed by atoms with Crippen LogP contribution in [0.25, 0.3) is 11.1 Å². The molecule has 0 spiro atoms. The molecule has 0 saturated carbocycles. The first-order chi connectivity index (χ1) is 6.48. The van der Waals surface area contributed by atoms with Crippen molar-refractivity contribution in [2.45, 2.75) is 26.2 Å². The Bertz CT molecular complexity index is 514. The first-order valence-electron chi connectivity index (χ1n) is 4.61. The highest BCUT2D eigenvalue weighted by atomic mass is 16.4. The number of fused-ring (bicyclic) bond motifs is 1. The third-order valence-electron chi connectivity index (χ3n) is 2.26. The lowest BCUT2D eigenvalue weighted by Crippen LogP contribution is -2.11. The van der Waals surface area contributed by atoms with E-state index in [1.165, 1.54) is 0 Å². The van der Waals surface area contributed by atoms with Crippen molar-refractivity contribution in [1.29, 1.82) is 0 Å². The molecule has 1 aromatic carbocycles. The lowest BCUT2D eigenvalue weighted by molar-refractivity contribution is 0.555. The summed E-state index contributed by atoms with van der Waals surface area (Å²) in [5, 5.41) is 0. The maximum absolute atomic E-state index is 11.0. The van der Waals surface area contributed by atoms with Crippen molar-refractivity contribution in [3.8, 4) is 0 Å². The van der Waals surface area contributed by atoms with Crippen LogP contribution in [-0.2, 0) is 5.41 Å². The summed E-state index contributed by atoms with van der Waals surface area (Å²) < 4.78 is 4.99. The van der Waals surface area contributed by atoms with E-state index < -0.39 is 5.76 Å². The van der Waals surface area contributed by atoms with Crippen LogP contribution < -0.4 is 5.76 Å². The third kappa shape index (κ3) is 1.35. The number of nitrogens with one attached hydrogen (secondary N) is 1. The van der Waals surface area contributed by atoms with Gasteiger partial charge in [0.2, 0.25) is 0 Å².